The van der Waals surface area contributed by atoms with E-state index in [-0.39, 0.29) is 12.2 Å². The molecule has 2 bridgehead atoms. The fraction of sp³-hybridized carbons (Fsp3) is 0.562. The minimum Gasteiger partial charge on any atom is -0.485 e. The van der Waals surface area contributed by atoms with Gasteiger partial charge in [0.05, 0.1) is 6.26 Å². The summed E-state index contributed by atoms with van der Waals surface area (Å²) in [5, 5.41) is 11.2. The third-order valence-electron chi connectivity index (χ3n) is 5.61. The average Bonchev–Trinajstić information content (AvgIpc) is 2.80. The molecule has 3 aliphatic heterocycles. The first-order valence-corrected chi connectivity index (χ1v) is 7.45. The predicted octanol–water partition coefficient (Wildman–Crippen LogP) is 0.372. The highest BCUT2D eigenvalue weighted by atomic mass is 16.7. The minimum absolute atomic E-state index is 0.119. The lowest BCUT2D eigenvalue weighted by Gasteiger charge is -2.53. The highest BCUT2D eigenvalue weighted by Crippen LogP contribution is 2.63. The molecule has 0 aromatic rings. The van der Waals surface area contributed by atoms with Crippen LogP contribution in [0.1, 0.15) is 27.2 Å². The zero-order valence-electron chi connectivity index (χ0n) is 12.9. The first-order valence-electron chi connectivity index (χ1n) is 7.45. The molecule has 1 spiro atoms. The topological polar surface area (TPSA) is 99.1 Å². The normalized spacial score (nSPS) is 47.6. The van der Waals surface area contributed by atoms with Gasteiger partial charge in [-0.25, -0.2) is 4.79 Å². The van der Waals surface area contributed by atoms with Crippen molar-refractivity contribution in [2.24, 2.45) is 11.8 Å². The first-order chi connectivity index (χ1) is 10.7. The van der Waals surface area contributed by atoms with Crippen LogP contribution in [0.2, 0.25) is 0 Å². The number of hydrogen-bond donors (Lipinski definition) is 1. The van der Waals surface area contributed by atoms with E-state index in [1.54, 1.807) is 20.8 Å². The summed E-state index contributed by atoms with van der Waals surface area (Å²) >= 11 is 0. The summed E-state index contributed by atoms with van der Waals surface area (Å²) in [7, 11) is 0. The van der Waals surface area contributed by atoms with E-state index in [2.05, 4.69) is 0 Å². The molecule has 23 heavy (non-hydrogen) atoms. The van der Waals surface area contributed by atoms with Crippen LogP contribution >= 0.6 is 0 Å². The van der Waals surface area contributed by atoms with Gasteiger partial charge < -0.3 is 19.3 Å². The second-order valence-electron chi connectivity index (χ2n) is 6.77. The molecule has 0 aromatic heterocycles. The van der Waals surface area contributed by atoms with Crippen molar-refractivity contribution in [2.75, 3.05) is 0 Å². The van der Waals surface area contributed by atoms with Crippen molar-refractivity contribution in [1.29, 1.82) is 0 Å². The first kappa shape index (κ1) is 14.4. The van der Waals surface area contributed by atoms with Crippen molar-refractivity contribution in [3.05, 3.63) is 23.5 Å². The molecule has 7 nitrogen and oxygen atoms in total. The summed E-state index contributed by atoms with van der Waals surface area (Å²) in [4.78, 5) is 37.1. The summed E-state index contributed by atoms with van der Waals surface area (Å²) < 4.78 is 16.3. The Hall–Kier alpha value is -2.15. The highest BCUT2D eigenvalue weighted by molar-refractivity contribution is 6.07. The fourth-order valence-corrected chi connectivity index (χ4v) is 4.50. The van der Waals surface area contributed by atoms with E-state index in [0.717, 1.165) is 0 Å². The van der Waals surface area contributed by atoms with Crippen molar-refractivity contribution in [3.63, 3.8) is 0 Å². The van der Waals surface area contributed by atoms with E-state index < -0.39 is 40.8 Å². The van der Waals surface area contributed by atoms with Gasteiger partial charge in [-0.1, -0.05) is 6.92 Å². The third kappa shape index (κ3) is 1.30. The minimum atomic E-state index is -2.25. The van der Waals surface area contributed by atoms with Crippen molar-refractivity contribution >= 4 is 17.7 Å². The average molecular weight is 320 g/mol. The Morgan fingerprint density at radius 2 is 1.91 bits per heavy atom. The summed E-state index contributed by atoms with van der Waals surface area (Å²) in [6.07, 6.45) is 2.61. The number of rotatable bonds is 0. The van der Waals surface area contributed by atoms with Gasteiger partial charge in [-0.05, 0) is 19.4 Å². The van der Waals surface area contributed by atoms with E-state index in [9.17, 15) is 19.5 Å². The number of Topliss-reactive ketones (excluding diaryl/α,β-unsaturated/α-hetero) is 1. The molecular formula is C16H16O7. The summed E-state index contributed by atoms with van der Waals surface area (Å²) in [5.41, 5.74) is -2.31. The second-order valence-corrected chi connectivity index (χ2v) is 6.77. The van der Waals surface area contributed by atoms with Gasteiger partial charge in [0.1, 0.15) is 0 Å². The molecule has 0 unspecified atom stereocenters. The van der Waals surface area contributed by atoms with Gasteiger partial charge in [0.25, 0.3) is 5.79 Å². The Kier molecular flexibility index (Phi) is 2.41. The Labute approximate surface area is 131 Å². The Balaban J connectivity index is 1.96. The Bertz CT molecular complexity index is 735. The molecule has 7 heteroatoms. The van der Waals surface area contributed by atoms with Gasteiger partial charge in [-0.15, -0.1) is 0 Å². The molecule has 4 aliphatic rings. The molecule has 0 amide bonds. The molecule has 5 atom stereocenters. The van der Waals surface area contributed by atoms with E-state index in [0.29, 0.717) is 11.1 Å². The lowest BCUT2D eigenvalue weighted by Crippen LogP contribution is -2.72. The van der Waals surface area contributed by atoms with Gasteiger partial charge in [0.15, 0.2) is 17.1 Å². The molecule has 0 radical (unpaired) electrons. The molecular weight excluding hydrogens is 304 g/mol. The van der Waals surface area contributed by atoms with Crippen LogP contribution in [0.5, 0.6) is 0 Å². The Morgan fingerprint density at radius 3 is 2.52 bits per heavy atom. The molecule has 1 saturated heterocycles. The number of carbonyl (C=O) groups excluding carboxylic acids is 3. The van der Waals surface area contributed by atoms with Crippen LogP contribution in [0.4, 0.5) is 0 Å². The number of aliphatic hydroxyl groups is 1. The van der Waals surface area contributed by atoms with Gasteiger partial charge >= 0.3 is 11.9 Å². The smallest absolute Gasteiger partial charge is 0.333 e. The third-order valence-corrected chi connectivity index (χ3v) is 5.61. The van der Waals surface area contributed by atoms with Crippen molar-refractivity contribution in [2.45, 2.75) is 44.2 Å². The van der Waals surface area contributed by atoms with Gasteiger partial charge in [-0.3, -0.25) is 9.59 Å². The van der Waals surface area contributed by atoms with E-state index >= 15 is 0 Å². The molecule has 4 rings (SSSR count). The lowest BCUT2D eigenvalue weighted by molar-refractivity contribution is -0.304. The molecule has 0 aromatic carbocycles. The van der Waals surface area contributed by atoms with Crippen LogP contribution in [-0.2, 0) is 28.6 Å². The molecule has 2 fully saturated rings. The number of ether oxygens (including phenoxy) is 3. The summed E-state index contributed by atoms with van der Waals surface area (Å²) in [6.45, 7) is 4.95. The molecule has 1 aliphatic carbocycles. The molecule has 122 valence electrons. The van der Waals surface area contributed by atoms with Crippen LogP contribution in [0.3, 0.4) is 0 Å². The van der Waals surface area contributed by atoms with E-state index in [1.165, 1.54) is 12.3 Å². The zero-order valence-corrected chi connectivity index (χ0v) is 12.9. The van der Waals surface area contributed by atoms with Crippen LogP contribution in [0.15, 0.2) is 23.5 Å². The van der Waals surface area contributed by atoms with Crippen LogP contribution in [0.25, 0.3) is 0 Å². The van der Waals surface area contributed by atoms with Crippen molar-refractivity contribution in [1.82, 2.24) is 0 Å². The van der Waals surface area contributed by atoms with Crippen molar-refractivity contribution < 1.29 is 33.7 Å². The van der Waals surface area contributed by atoms with E-state index in [4.69, 9.17) is 14.2 Å². The summed E-state index contributed by atoms with van der Waals surface area (Å²) in [6, 6.07) is 0. The maximum absolute atomic E-state index is 12.7. The van der Waals surface area contributed by atoms with E-state index in [1.807, 2.05) is 0 Å². The number of hydrogen-bond acceptors (Lipinski definition) is 7. The number of ketones is 1. The molecule has 3 heterocycles. The number of esters is 2. The highest BCUT2D eigenvalue weighted by Gasteiger charge is 2.83. The van der Waals surface area contributed by atoms with Gasteiger partial charge in [0, 0.05) is 24.0 Å². The molecule has 1 N–H and O–H groups in total. The SMILES string of the molecule is CC1=CO[C@@]2(C1=O)[C@H](C)C[C@@]13OC(=O)[C@@H]2[C@]1(O)OC(=O)C=C3C. The monoisotopic (exact) mass is 320 g/mol. The van der Waals surface area contributed by atoms with Crippen LogP contribution in [-0.4, -0.2) is 39.8 Å². The number of fused-ring (bicyclic) bond motifs is 1. The van der Waals surface area contributed by atoms with Gasteiger partial charge in [-0.2, -0.15) is 0 Å². The zero-order chi connectivity index (χ0) is 16.8. The maximum Gasteiger partial charge on any atom is 0.333 e. The largest absolute Gasteiger partial charge is 0.485 e. The predicted molar refractivity (Wildman–Crippen MR) is 73.5 cm³/mol. The number of carbonyl (C=O) groups is 3. The van der Waals surface area contributed by atoms with Crippen LogP contribution < -0.4 is 0 Å². The van der Waals surface area contributed by atoms with Crippen molar-refractivity contribution in [3.8, 4) is 0 Å². The quantitative estimate of drug-likeness (QED) is 0.644. The fourth-order valence-electron chi connectivity index (χ4n) is 4.50. The van der Waals surface area contributed by atoms with Crippen LogP contribution in [0, 0.1) is 11.8 Å². The summed E-state index contributed by atoms with van der Waals surface area (Å²) in [5.74, 6) is -6.05. The Morgan fingerprint density at radius 1 is 1.22 bits per heavy atom. The van der Waals surface area contributed by atoms with Gasteiger partial charge in [0.2, 0.25) is 5.78 Å². The maximum atomic E-state index is 12.7. The lowest BCUT2D eigenvalue weighted by atomic mass is 9.58. The molecule has 1 saturated carbocycles. The standard InChI is InChI=1S/C16H16O7/c1-7-6-21-15(12(7)18)9(3)5-14-8(2)4-10(17)22-16(14,20)11(15)13(19)23-14/h4,6,9,11,20H,5H2,1-3H3/t9-,11+,14+,15+,16+/m1/s1. The second kappa shape index (κ2) is 3.84.